The highest BCUT2D eigenvalue weighted by atomic mass is 16.5. The molecule has 2 unspecified atom stereocenters. The van der Waals surface area contributed by atoms with E-state index in [1.165, 1.54) is 0 Å². The van der Waals surface area contributed by atoms with Crippen LogP contribution in [0.4, 0.5) is 0 Å². The van der Waals surface area contributed by atoms with E-state index in [4.69, 9.17) is 19.7 Å². The van der Waals surface area contributed by atoms with Crippen LogP contribution in [0.5, 0.6) is 0 Å². The van der Waals surface area contributed by atoms with Gasteiger partial charge < -0.3 is 19.7 Å². The summed E-state index contributed by atoms with van der Waals surface area (Å²) in [7, 11) is 0. The second kappa shape index (κ2) is 11.4. The minimum atomic E-state index is -0.409. The van der Waals surface area contributed by atoms with Crippen LogP contribution in [-0.4, -0.2) is 48.6 Å². The predicted molar refractivity (Wildman–Crippen MR) is 80.0 cm³/mol. The lowest BCUT2D eigenvalue weighted by Crippen LogP contribution is -2.35. The number of aliphatic hydroxyl groups excluding tert-OH is 2. The number of ether oxygens (including phenoxy) is 2. The van der Waals surface area contributed by atoms with Crippen LogP contribution >= 0.6 is 0 Å². The number of carbonyl (C=O) groups excluding carboxylic acids is 2. The second-order valence-electron chi connectivity index (χ2n) is 5.69. The number of esters is 2. The Labute approximate surface area is 131 Å². The molecule has 2 N–H and O–H groups in total. The van der Waals surface area contributed by atoms with Crippen LogP contribution in [0.25, 0.3) is 0 Å². The Morgan fingerprint density at radius 3 is 1.55 bits per heavy atom. The average Bonchev–Trinajstić information content (AvgIpc) is 2.55. The van der Waals surface area contributed by atoms with Gasteiger partial charge in [0.1, 0.15) is 0 Å². The molecule has 0 aromatic carbocycles. The van der Waals surface area contributed by atoms with Crippen molar-refractivity contribution in [1.82, 2.24) is 0 Å². The van der Waals surface area contributed by atoms with Gasteiger partial charge in [0.2, 0.25) is 0 Å². The zero-order chi connectivity index (χ0) is 16.2. The van der Waals surface area contributed by atoms with Crippen LogP contribution in [0.1, 0.15) is 51.4 Å². The van der Waals surface area contributed by atoms with Crippen LogP contribution < -0.4 is 0 Å². The number of unbranched alkanes of at least 4 members (excludes halogenated alkanes) is 2. The topological polar surface area (TPSA) is 93.1 Å². The third-order valence-corrected chi connectivity index (χ3v) is 3.97. The molecule has 0 heterocycles. The molecule has 6 nitrogen and oxygen atoms in total. The van der Waals surface area contributed by atoms with E-state index in [0.717, 1.165) is 12.8 Å². The Balaban J connectivity index is 2.40. The minimum Gasteiger partial charge on any atom is -0.465 e. The molecule has 22 heavy (non-hydrogen) atoms. The van der Waals surface area contributed by atoms with Gasteiger partial charge in [-0.05, 0) is 38.5 Å². The third kappa shape index (κ3) is 6.75. The molecule has 0 radical (unpaired) electrons. The van der Waals surface area contributed by atoms with E-state index in [-0.39, 0.29) is 38.4 Å². The molecule has 128 valence electrons. The highest BCUT2D eigenvalue weighted by Gasteiger charge is 2.37. The maximum Gasteiger partial charge on any atom is 0.309 e. The second-order valence-corrected chi connectivity index (χ2v) is 5.69. The Kier molecular flexibility index (Phi) is 9.82. The first kappa shape index (κ1) is 18.9. The van der Waals surface area contributed by atoms with Crippen molar-refractivity contribution in [3.63, 3.8) is 0 Å². The molecule has 0 aliphatic heterocycles. The molecule has 0 aromatic rings. The summed E-state index contributed by atoms with van der Waals surface area (Å²) in [6.45, 7) is 0.746. The molecule has 6 heteroatoms. The first-order valence-corrected chi connectivity index (χ1v) is 8.25. The molecular weight excluding hydrogens is 288 g/mol. The van der Waals surface area contributed by atoms with Gasteiger partial charge in [-0.3, -0.25) is 9.59 Å². The van der Waals surface area contributed by atoms with Gasteiger partial charge in [-0.25, -0.2) is 0 Å². The lowest BCUT2D eigenvalue weighted by molar-refractivity contribution is -0.163. The minimum absolute atomic E-state index is 0.0871. The van der Waals surface area contributed by atoms with Crippen molar-refractivity contribution < 1.29 is 29.3 Å². The fourth-order valence-corrected chi connectivity index (χ4v) is 2.68. The third-order valence-electron chi connectivity index (χ3n) is 3.97. The van der Waals surface area contributed by atoms with Gasteiger partial charge in [0, 0.05) is 13.2 Å². The Hall–Kier alpha value is -1.14. The van der Waals surface area contributed by atoms with Crippen molar-refractivity contribution in [3.8, 4) is 0 Å². The zero-order valence-corrected chi connectivity index (χ0v) is 13.2. The average molecular weight is 316 g/mol. The van der Waals surface area contributed by atoms with Crippen LogP contribution in [0, 0.1) is 11.8 Å². The maximum absolute atomic E-state index is 12.1. The molecule has 0 spiro atoms. The summed E-state index contributed by atoms with van der Waals surface area (Å²) in [5.74, 6) is -1.47. The van der Waals surface area contributed by atoms with E-state index < -0.39 is 11.8 Å². The fourth-order valence-electron chi connectivity index (χ4n) is 2.68. The van der Waals surface area contributed by atoms with Crippen molar-refractivity contribution in [2.75, 3.05) is 26.4 Å². The Bertz CT molecular complexity index is 299. The van der Waals surface area contributed by atoms with Gasteiger partial charge in [-0.2, -0.15) is 0 Å². The molecule has 0 amide bonds. The summed E-state index contributed by atoms with van der Waals surface area (Å²) >= 11 is 0. The van der Waals surface area contributed by atoms with E-state index in [0.29, 0.717) is 38.5 Å². The first-order chi connectivity index (χ1) is 10.7. The van der Waals surface area contributed by atoms with Gasteiger partial charge in [-0.1, -0.05) is 12.8 Å². The van der Waals surface area contributed by atoms with Crippen molar-refractivity contribution in [2.45, 2.75) is 51.4 Å². The fraction of sp³-hybridized carbons (Fsp3) is 0.875. The molecule has 2 atom stereocenters. The van der Waals surface area contributed by atoms with Crippen LogP contribution in [0.3, 0.4) is 0 Å². The number of aliphatic hydroxyl groups is 2. The van der Waals surface area contributed by atoms with Gasteiger partial charge in [0.05, 0.1) is 25.0 Å². The highest BCUT2D eigenvalue weighted by Crippen LogP contribution is 2.32. The van der Waals surface area contributed by atoms with E-state index >= 15 is 0 Å². The molecule has 0 bridgehead atoms. The van der Waals surface area contributed by atoms with Gasteiger partial charge in [-0.15, -0.1) is 0 Å². The quantitative estimate of drug-likeness (QED) is 0.468. The number of rotatable bonds is 10. The summed E-state index contributed by atoms with van der Waals surface area (Å²) in [5.41, 5.74) is 0. The highest BCUT2D eigenvalue weighted by molar-refractivity contribution is 5.82. The molecule has 1 rings (SSSR count). The lowest BCUT2D eigenvalue weighted by Gasteiger charge is -2.28. The first-order valence-electron chi connectivity index (χ1n) is 8.25. The summed E-state index contributed by atoms with van der Waals surface area (Å²) < 4.78 is 10.4. The molecular formula is C16H28O6. The number of hydrogen-bond donors (Lipinski definition) is 2. The number of hydrogen-bond acceptors (Lipinski definition) is 6. The van der Waals surface area contributed by atoms with Crippen molar-refractivity contribution in [1.29, 1.82) is 0 Å². The van der Waals surface area contributed by atoms with Gasteiger partial charge >= 0.3 is 11.9 Å². The molecule has 1 aliphatic carbocycles. The van der Waals surface area contributed by atoms with Crippen LogP contribution in [0.2, 0.25) is 0 Å². The van der Waals surface area contributed by atoms with Crippen molar-refractivity contribution in [3.05, 3.63) is 0 Å². The Morgan fingerprint density at radius 1 is 0.773 bits per heavy atom. The molecule has 1 saturated carbocycles. The van der Waals surface area contributed by atoms with E-state index in [2.05, 4.69) is 0 Å². The van der Waals surface area contributed by atoms with Crippen LogP contribution in [0.15, 0.2) is 0 Å². The normalized spacial score (nSPS) is 21.4. The molecule has 0 saturated heterocycles. The summed E-state index contributed by atoms with van der Waals surface area (Å²) in [6.07, 6.45) is 5.64. The monoisotopic (exact) mass is 316 g/mol. The van der Waals surface area contributed by atoms with Crippen LogP contribution in [-0.2, 0) is 19.1 Å². The summed E-state index contributed by atoms with van der Waals surface area (Å²) in [6, 6.07) is 0. The standard InChI is InChI=1S/C16H28O6/c17-9-3-5-11-21-15(19)13-7-1-2-8-14(13)16(20)22-12-6-4-10-18/h13-14,17-18H,1-12H2. The SMILES string of the molecule is O=C(OCCCCO)C1CCCCC1C(=O)OCCCCO. The molecule has 1 fully saturated rings. The largest absolute Gasteiger partial charge is 0.465 e. The smallest absolute Gasteiger partial charge is 0.309 e. The van der Waals surface area contributed by atoms with Gasteiger partial charge in [0.15, 0.2) is 0 Å². The zero-order valence-electron chi connectivity index (χ0n) is 13.2. The van der Waals surface area contributed by atoms with Gasteiger partial charge in [0.25, 0.3) is 0 Å². The van der Waals surface area contributed by atoms with Crippen molar-refractivity contribution in [2.24, 2.45) is 11.8 Å². The summed E-state index contributed by atoms with van der Waals surface area (Å²) in [4.78, 5) is 24.3. The van der Waals surface area contributed by atoms with Crippen molar-refractivity contribution >= 4 is 11.9 Å². The maximum atomic E-state index is 12.1. The lowest BCUT2D eigenvalue weighted by atomic mass is 9.79. The van der Waals surface area contributed by atoms with E-state index in [9.17, 15) is 9.59 Å². The van der Waals surface area contributed by atoms with E-state index in [1.807, 2.05) is 0 Å². The molecule has 1 aliphatic rings. The number of carbonyl (C=O) groups is 2. The predicted octanol–water partition coefficient (Wildman–Crippen LogP) is 1.42. The van der Waals surface area contributed by atoms with E-state index in [1.54, 1.807) is 0 Å². The summed E-state index contributed by atoms with van der Waals surface area (Å²) in [5, 5.41) is 17.4. The molecule has 0 aromatic heterocycles. The Morgan fingerprint density at radius 2 is 1.18 bits per heavy atom.